The Morgan fingerprint density at radius 1 is 1.09 bits per heavy atom. The van der Waals surface area contributed by atoms with Crippen molar-refractivity contribution in [1.82, 2.24) is 14.8 Å². The van der Waals surface area contributed by atoms with Crippen molar-refractivity contribution in [2.45, 2.75) is 25.3 Å². The minimum absolute atomic E-state index is 0.392. The Labute approximate surface area is 195 Å². The molecule has 2 aromatic carbocycles. The Morgan fingerprint density at radius 2 is 1.88 bits per heavy atom. The summed E-state index contributed by atoms with van der Waals surface area (Å²) in [5.41, 5.74) is 2.95. The highest BCUT2D eigenvalue weighted by molar-refractivity contribution is 6.31. The van der Waals surface area contributed by atoms with E-state index in [-0.39, 0.29) is 0 Å². The van der Waals surface area contributed by atoms with Crippen LogP contribution < -0.4 is 5.32 Å². The van der Waals surface area contributed by atoms with E-state index in [0.29, 0.717) is 34.3 Å². The Morgan fingerprint density at radius 3 is 2.70 bits per heavy atom. The van der Waals surface area contributed by atoms with Crippen molar-refractivity contribution in [3.05, 3.63) is 88.7 Å². The van der Waals surface area contributed by atoms with Crippen molar-refractivity contribution in [3.8, 4) is 0 Å². The molecule has 0 saturated heterocycles. The molecule has 2 heterocycles. The molecule has 33 heavy (non-hydrogen) atoms. The molecular weight excluding hydrogens is 440 g/mol. The molecule has 2 aromatic heterocycles. The standard InChI is InChI=1S/C25H21ClN4O3/c26-20-7-3-1-5-17(20)14-30-23(11-12-27-30)29-24(31)15-33-25(32)19-13-22(16-9-10-16)28-21-8-4-2-6-18(19)21/h1-8,11-13,16H,9-10,14-15H2,(H,29,31). The maximum atomic E-state index is 12.8. The van der Waals surface area contributed by atoms with Gasteiger partial charge in [-0.05, 0) is 36.6 Å². The van der Waals surface area contributed by atoms with Gasteiger partial charge in [-0.25, -0.2) is 9.48 Å². The first-order valence-corrected chi connectivity index (χ1v) is 11.1. The van der Waals surface area contributed by atoms with E-state index in [1.165, 1.54) is 0 Å². The number of anilines is 1. The van der Waals surface area contributed by atoms with Gasteiger partial charge in [-0.3, -0.25) is 9.78 Å². The highest BCUT2D eigenvalue weighted by Crippen LogP contribution is 2.40. The number of benzene rings is 2. The monoisotopic (exact) mass is 460 g/mol. The summed E-state index contributed by atoms with van der Waals surface area (Å²) >= 11 is 6.23. The van der Waals surface area contributed by atoms with Gasteiger partial charge in [-0.2, -0.15) is 5.10 Å². The Balaban J connectivity index is 1.26. The Hall–Kier alpha value is -3.71. The van der Waals surface area contributed by atoms with E-state index in [1.54, 1.807) is 29.1 Å². The van der Waals surface area contributed by atoms with Crippen LogP contribution in [0.3, 0.4) is 0 Å². The Bertz CT molecular complexity index is 1350. The van der Waals surface area contributed by atoms with E-state index in [0.717, 1.165) is 29.6 Å². The van der Waals surface area contributed by atoms with Crippen LogP contribution in [0.5, 0.6) is 0 Å². The van der Waals surface area contributed by atoms with Crippen LogP contribution in [-0.2, 0) is 16.1 Å². The molecular formula is C25H21ClN4O3. The molecule has 1 saturated carbocycles. The largest absolute Gasteiger partial charge is 0.452 e. The lowest BCUT2D eigenvalue weighted by Crippen LogP contribution is -2.23. The quantitative estimate of drug-likeness (QED) is 0.400. The third-order valence-electron chi connectivity index (χ3n) is 5.55. The summed E-state index contributed by atoms with van der Waals surface area (Å²) in [5, 5.41) is 8.32. The van der Waals surface area contributed by atoms with E-state index < -0.39 is 18.5 Å². The third-order valence-corrected chi connectivity index (χ3v) is 5.92. The number of carbonyl (C=O) groups is 2. The minimum Gasteiger partial charge on any atom is -0.452 e. The molecule has 5 rings (SSSR count). The second-order valence-electron chi connectivity index (χ2n) is 7.98. The lowest BCUT2D eigenvalue weighted by molar-refractivity contribution is -0.119. The van der Waals surface area contributed by atoms with Crippen molar-refractivity contribution in [2.75, 3.05) is 11.9 Å². The van der Waals surface area contributed by atoms with E-state index in [4.69, 9.17) is 16.3 Å². The molecule has 0 spiro atoms. The lowest BCUT2D eigenvalue weighted by Gasteiger charge is -2.11. The number of ether oxygens (including phenoxy) is 1. The van der Waals surface area contributed by atoms with Gasteiger partial charge in [0.05, 0.1) is 23.8 Å². The smallest absolute Gasteiger partial charge is 0.339 e. The average molecular weight is 461 g/mol. The molecule has 0 aliphatic heterocycles. The number of nitrogens with one attached hydrogen (secondary N) is 1. The normalized spacial score (nSPS) is 13.1. The second-order valence-corrected chi connectivity index (χ2v) is 8.38. The summed E-state index contributed by atoms with van der Waals surface area (Å²) < 4.78 is 6.97. The molecule has 1 amide bonds. The molecule has 7 nitrogen and oxygen atoms in total. The molecule has 0 radical (unpaired) electrons. The molecule has 0 unspecified atom stereocenters. The lowest BCUT2D eigenvalue weighted by atomic mass is 10.1. The number of hydrogen-bond donors (Lipinski definition) is 1. The van der Waals surface area contributed by atoms with Gasteiger partial charge in [0.2, 0.25) is 0 Å². The van der Waals surface area contributed by atoms with Gasteiger partial charge in [0.15, 0.2) is 6.61 Å². The van der Waals surface area contributed by atoms with Crippen LogP contribution in [0.2, 0.25) is 5.02 Å². The molecule has 1 aliphatic rings. The van der Waals surface area contributed by atoms with Gasteiger partial charge >= 0.3 is 5.97 Å². The number of nitrogens with zero attached hydrogens (tertiary/aromatic N) is 3. The first-order chi connectivity index (χ1) is 16.1. The fourth-order valence-corrected chi connectivity index (χ4v) is 3.89. The highest BCUT2D eigenvalue weighted by atomic mass is 35.5. The predicted molar refractivity (Wildman–Crippen MR) is 125 cm³/mol. The maximum absolute atomic E-state index is 12.8. The third kappa shape index (κ3) is 4.73. The van der Waals surface area contributed by atoms with Gasteiger partial charge in [0.25, 0.3) is 5.91 Å². The summed E-state index contributed by atoms with van der Waals surface area (Å²) in [6, 6.07) is 18.4. The summed E-state index contributed by atoms with van der Waals surface area (Å²) in [5.74, 6) is -0.121. The van der Waals surface area contributed by atoms with E-state index in [9.17, 15) is 9.59 Å². The molecule has 4 aromatic rings. The average Bonchev–Trinajstić information content (AvgIpc) is 3.59. The number of amides is 1. The van der Waals surface area contributed by atoms with Crippen LogP contribution in [0.1, 0.15) is 40.4 Å². The number of hydrogen-bond acceptors (Lipinski definition) is 5. The molecule has 8 heteroatoms. The van der Waals surface area contributed by atoms with Crippen LogP contribution in [0.15, 0.2) is 66.9 Å². The Kier molecular flexibility index (Phi) is 5.79. The number of carbonyl (C=O) groups excluding carboxylic acids is 2. The van der Waals surface area contributed by atoms with Crippen molar-refractivity contribution < 1.29 is 14.3 Å². The van der Waals surface area contributed by atoms with Crippen LogP contribution in [-0.4, -0.2) is 33.2 Å². The van der Waals surface area contributed by atoms with Crippen LogP contribution >= 0.6 is 11.6 Å². The fourth-order valence-electron chi connectivity index (χ4n) is 3.69. The molecule has 1 aliphatic carbocycles. The SMILES string of the molecule is O=C(COC(=O)c1cc(C2CC2)nc2ccccc12)Nc1ccnn1Cc1ccccc1Cl. The number of fused-ring (bicyclic) bond motifs is 1. The molecule has 0 atom stereocenters. The number of esters is 1. The first-order valence-electron chi connectivity index (χ1n) is 10.7. The number of para-hydroxylation sites is 1. The second kappa shape index (κ2) is 9.03. The van der Waals surface area contributed by atoms with Gasteiger partial charge in [-0.15, -0.1) is 0 Å². The number of pyridine rings is 1. The van der Waals surface area contributed by atoms with E-state index >= 15 is 0 Å². The van der Waals surface area contributed by atoms with Gasteiger partial charge in [-0.1, -0.05) is 48.0 Å². The van der Waals surface area contributed by atoms with Gasteiger partial charge in [0.1, 0.15) is 5.82 Å². The number of rotatable bonds is 7. The fraction of sp³-hybridized carbons (Fsp3) is 0.200. The summed E-state index contributed by atoms with van der Waals surface area (Å²) in [4.78, 5) is 30.0. The van der Waals surface area contributed by atoms with Crippen molar-refractivity contribution in [3.63, 3.8) is 0 Å². The van der Waals surface area contributed by atoms with Gasteiger partial charge in [0, 0.05) is 28.1 Å². The first kappa shape index (κ1) is 21.2. The van der Waals surface area contributed by atoms with Crippen LogP contribution in [0, 0.1) is 0 Å². The van der Waals surface area contributed by atoms with E-state index in [2.05, 4.69) is 15.4 Å². The number of aromatic nitrogens is 3. The van der Waals surface area contributed by atoms with E-state index in [1.807, 2.05) is 42.5 Å². The van der Waals surface area contributed by atoms with Crippen molar-refractivity contribution in [2.24, 2.45) is 0 Å². The topological polar surface area (TPSA) is 86.1 Å². The maximum Gasteiger partial charge on any atom is 0.339 e. The molecule has 0 bridgehead atoms. The summed E-state index contributed by atoms with van der Waals surface area (Å²) in [6.07, 6.45) is 3.73. The zero-order valence-electron chi connectivity index (χ0n) is 17.7. The summed E-state index contributed by atoms with van der Waals surface area (Å²) in [6.45, 7) is -0.0134. The van der Waals surface area contributed by atoms with Crippen molar-refractivity contribution in [1.29, 1.82) is 0 Å². The van der Waals surface area contributed by atoms with Crippen LogP contribution in [0.4, 0.5) is 5.82 Å². The number of halogens is 1. The molecule has 1 N–H and O–H groups in total. The minimum atomic E-state index is -0.546. The predicted octanol–water partition coefficient (Wildman–Crippen LogP) is 4.81. The molecule has 1 fully saturated rings. The summed E-state index contributed by atoms with van der Waals surface area (Å²) in [7, 11) is 0. The van der Waals surface area contributed by atoms with Crippen molar-refractivity contribution >= 4 is 40.2 Å². The highest BCUT2D eigenvalue weighted by Gasteiger charge is 2.27. The zero-order valence-corrected chi connectivity index (χ0v) is 18.5. The van der Waals surface area contributed by atoms with Gasteiger partial charge < -0.3 is 10.1 Å². The zero-order chi connectivity index (χ0) is 22.8. The molecule has 166 valence electrons. The van der Waals surface area contributed by atoms with Crippen LogP contribution in [0.25, 0.3) is 10.9 Å².